The Morgan fingerprint density at radius 1 is 1.33 bits per heavy atom. The molecule has 2 aromatic rings. The number of nitrogens with zero attached hydrogens (tertiary/aromatic N) is 1. The molecule has 0 saturated heterocycles. The van der Waals surface area contributed by atoms with Crippen LogP contribution in [0, 0.1) is 17.0 Å². The summed E-state index contributed by atoms with van der Waals surface area (Å²) in [6, 6.07) is 8.63. The lowest BCUT2D eigenvalue weighted by atomic mass is 10.2. The Balaban J connectivity index is 2.03. The van der Waals surface area contributed by atoms with E-state index >= 15 is 0 Å². The van der Waals surface area contributed by atoms with Crippen LogP contribution in [0.5, 0.6) is 0 Å². The Bertz CT molecular complexity index is 681. The van der Waals surface area contributed by atoms with E-state index in [0.717, 1.165) is 9.75 Å². The van der Waals surface area contributed by atoms with Gasteiger partial charge in [-0.25, -0.2) is 0 Å². The number of carboxylic acid groups (broad SMARTS) is 1. The predicted octanol–water partition coefficient (Wildman–Crippen LogP) is 3.20. The van der Waals surface area contributed by atoms with Crippen molar-refractivity contribution in [1.29, 1.82) is 0 Å². The Labute approximate surface area is 125 Å². The lowest BCUT2D eigenvalue weighted by Gasteiger charge is -2.05. The first-order chi connectivity index (χ1) is 9.95. The molecule has 2 rings (SSSR count). The molecule has 0 aliphatic heterocycles. The number of carboxylic acids is 1. The second-order valence-electron chi connectivity index (χ2n) is 4.55. The molecule has 0 saturated carbocycles. The Morgan fingerprint density at radius 2 is 2.05 bits per heavy atom. The van der Waals surface area contributed by atoms with Crippen LogP contribution in [-0.2, 0) is 17.8 Å². The third-order valence-electron chi connectivity index (χ3n) is 2.92. The molecule has 1 aromatic carbocycles. The summed E-state index contributed by atoms with van der Waals surface area (Å²) in [6.45, 7) is 2.20. The van der Waals surface area contributed by atoms with Gasteiger partial charge in [-0.15, -0.1) is 11.3 Å². The van der Waals surface area contributed by atoms with Gasteiger partial charge in [-0.3, -0.25) is 14.9 Å². The standard InChI is InChI=1S/C14H14N2O4S/c1-9-2-3-10(6-13(9)16(19)20)15-8-12-5-4-11(21-12)7-14(17)18/h2-6,15H,7-8H2,1H3,(H,17,18). The molecular formula is C14H14N2O4S. The van der Waals surface area contributed by atoms with Gasteiger partial charge in [-0.05, 0) is 25.1 Å². The third-order valence-corrected chi connectivity index (χ3v) is 4.00. The highest BCUT2D eigenvalue weighted by atomic mass is 32.1. The molecule has 0 bridgehead atoms. The maximum Gasteiger partial charge on any atom is 0.308 e. The van der Waals surface area contributed by atoms with E-state index in [1.165, 1.54) is 17.4 Å². The number of rotatable bonds is 6. The quantitative estimate of drug-likeness (QED) is 0.631. The molecule has 0 atom stereocenters. The molecule has 0 amide bonds. The fourth-order valence-electron chi connectivity index (χ4n) is 1.87. The van der Waals surface area contributed by atoms with Gasteiger partial charge >= 0.3 is 5.97 Å². The Kier molecular flexibility index (Phi) is 4.54. The topological polar surface area (TPSA) is 92.5 Å². The van der Waals surface area contributed by atoms with Crippen LogP contribution in [0.1, 0.15) is 15.3 Å². The van der Waals surface area contributed by atoms with Crippen molar-refractivity contribution in [1.82, 2.24) is 0 Å². The maximum atomic E-state index is 10.9. The van der Waals surface area contributed by atoms with E-state index in [2.05, 4.69) is 5.32 Å². The number of nitro groups is 1. The predicted molar refractivity (Wildman–Crippen MR) is 80.8 cm³/mol. The molecule has 21 heavy (non-hydrogen) atoms. The summed E-state index contributed by atoms with van der Waals surface area (Å²) in [5.41, 5.74) is 1.36. The van der Waals surface area contributed by atoms with E-state index in [-0.39, 0.29) is 12.1 Å². The van der Waals surface area contributed by atoms with Crippen molar-refractivity contribution in [3.8, 4) is 0 Å². The second kappa shape index (κ2) is 6.36. The van der Waals surface area contributed by atoms with Crippen LogP contribution in [0.2, 0.25) is 0 Å². The summed E-state index contributed by atoms with van der Waals surface area (Å²) in [7, 11) is 0. The van der Waals surface area contributed by atoms with E-state index in [0.29, 0.717) is 17.8 Å². The van der Waals surface area contributed by atoms with Crippen LogP contribution in [0.15, 0.2) is 30.3 Å². The minimum absolute atomic E-state index is 0.0146. The minimum Gasteiger partial charge on any atom is -0.481 e. The van der Waals surface area contributed by atoms with Crippen LogP contribution >= 0.6 is 11.3 Å². The normalized spacial score (nSPS) is 10.3. The van der Waals surface area contributed by atoms with Gasteiger partial charge in [-0.1, -0.05) is 6.07 Å². The van der Waals surface area contributed by atoms with E-state index in [4.69, 9.17) is 5.11 Å². The molecule has 0 aliphatic carbocycles. The van der Waals surface area contributed by atoms with Crippen molar-refractivity contribution in [3.63, 3.8) is 0 Å². The first kappa shape index (κ1) is 15.0. The summed E-state index contributed by atoms with van der Waals surface area (Å²) in [5.74, 6) is -0.856. The summed E-state index contributed by atoms with van der Waals surface area (Å²) >= 11 is 1.42. The van der Waals surface area contributed by atoms with E-state index in [1.54, 1.807) is 25.1 Å². The molecule has 0 aliphatic rings. The van der Waals surface area contributed by atoms with E-state index in [9.17, 15) is 14.9 Å². The highest BCUT2D eigenvalue weighted by molar-refractivity contribution is 7.12. The van der Waals surface area contributed by atoms with Crippen molar-refractivity contribution >= 4 is 28.7 Å². The number of nitrogens with one attached hydrogen (secondary N) is 1. The first-order valence-electron chi connectivity index (χ1n) is 6.24. The van der Waals surface area contributed by atoms with Gasteiger partial charge in [0.15, 0.2) is 0 Å². The van der Waals surface area contributed by atoms with E-state index < -0.39 is 10.9 Å². The van der Waals surface area contributed by atoms with Crippen LogP contribution < -0.4 is 5.32 Å². The smallest absolute Gasteiger partial charge is 0.308 e. The van der Waals surface area contributed by atoms with Crippen LogP contribution in [0.4, 0.5) is 11.4 Å². The lowest BCUT2D eigenvalue weighted by Crippen LogP contribution is -1.99. The summed E-state index contributed by atoms with van der Waals surface area (Å²) in [5, 5.41) is 22.7. The van der Waals surface area contributed by atoms with E-state index in [1.807, 2.05) is 6.07 Å². The van der Waals surface area contributed by atoms with Crippen molar-refractivity contribution in [3.05, 3.63) is 55.8 Å². The van der Waals surface area contributed by atoms with Gasteiger partial charge in [0.1, 0.15) is 0 Å². The molecule has 110 valence electrons. The average molecular weight is 306 g/mol. The molecule has 6 nitrogen and oxygen atoms in total. The SMILES string of the molecule is Cc1ccc(NCc2ccc(CC(=O)O)s2)cc1[N+](=O)[O-]. The molecule has 1 aromatic heterocycles. The summed E-state index contributed by atoms with van der Waals surface area (Å²) < 4.78 is 0. The second-order valence-corrected chi connectivity index (χ2v) is 5.80. The molecule has 0 radical (unpaired) electrons. The van der Waals surface area contributed by atoms with Gasteiger partial charge in [0, 0.05) is 33.6 Å². The monoisotopic (exact) mass is 306 g/mol. The largest absolute Gasteiger partial charge is 0.481 e. The fourth-order valence-corrected chi connectivity index (χ4v) is 2.82. The van der Waals surface area contributed by atoms with Crippen molar-refractivity contribution in [2.45, 2.75) is 19.9 Å². The van der Waals surface area contributed by atoms with Crippen LogP contribution in [-0.4, -0.2) is 16.0 Å². The number of aryl methyl sites for hydroxylation is 1. The fraction of sp³-hybridized carbons (Fsp3) is 0.214. The maximum absolute atomic E-state index is 10.9. The minimum atomic E-state index is -0.856. The molecular weight excluding hydrogens is 292 g/mol. The zero-order valence-electron chi connectivity index (χ0n) is 11.3. The van der Waals surface area contributed by atoms with Gasteiger partial charge in [0.05, 0.1) is 11.3 Å². The highest BCUT2D eigenvalue weighted by Gasteiger charge is 2.11. The number of aliphatic carboxylic acids is 1. The number of anilines is 1. The number of hydrogen-bond donors (Lipinski definition) is 2. The molecule has 0 spiro atoms. The summed E-state index contributed by atoms with van der Waals surface area (Å²) in [4.78, 5) is 22.9. The first-order valence-corrected chi connectivity index (χ1v) is 7.05. The van der Waals surface area contributed by atoms with Crippen LogP contribution in [0.3, 0.4) is 0 Å². The number of hydrogen-bond acceptors (Lipinski definition) is 5. The average Bonchev–Trinajstić information content (AvgIpc) is 2.84. The Hall–Kier alpha value is -2.41. The number of carbonyl (C=O) groups is 1. The third kappa shape index (κ3) is 4.03. The highest BCUT2D eigenvalue weighted by Crippen LogP contribution is 2.24. The Morgan fingerprint density at radius 3 is 2.71 bits per heavy atom. The van der Waals surface area contributed by atoms with Crippen molar-refractivity contribution < 1.29 is 14.8 Å². The number of thiophene rings is 1. The van der Waals surface area contributed by atoms with Gasteiger partial charge in [0.2, 0.25) is 0 Å². The molecule has 1 heterocycles. The van der Waals surface area contributed by atoms with Crippen molar-refractivity contribution in [2.75, 3.05) is 5.32 Å². The number of nitro benzene ring substituents is 1. The van der Waals surface area contributed by atoms with Gasteiger partial charge < -0.3 is 10.4 Å². The van der Waals surface area contributed by atoms with Gasteiger partial charge in [0.25, 0.3) is 5.69 Å². The molecule has 0 fully saturated rings. The number of benzene rings is 1. The van der Waals surface area contributed by atoms with Crippen molar-refractivity contribution in [2.24, 2.45) is 0 Å². The molecule has 2 N–H and O–H groups in total. The zero-order chi connectivity index (χ0) is 15.4. The summed E-state index contributed by atoms with van der Waals surface area (Å²) in [6.07, 6.45) is 0.0146. The van der Waals surface area contributed by atoms with Crippen LogP contribution in [0.25, 0.3) is 0 Å². The molecule has 7 heteroatoms. The molecule has 0 unspecified atom stereocenters. The lowest BCUT2D eigenvalue weighted by molar-refractivity contribution is -0.385. The van der Waals surface area contributed by atoms with Gasteiger partial charge in [-0.2, -0.15) is 0 Å². The zero-order valence-corrected chi connectivity index (χ0v) is 12.1.